The van der Waals surface area contributed by atoms with Crippen LogP contribution in [0.5, 0.6) is 0 Å². The lowest BCUT2D eigenvalue weighted by atomic mass is 9.93. The van der Waals surface area contributed by atoms with E-state index >= 15 is 0 Å². The van der Waals surface area contributed by atoms with Crippen LogP contribution in [0.2, 0.25) is 0 Å². The van der Waals surface area contributed by atoms with E-state index in [1.54, 1.807) is 25.7 Å². The van der Waals surface area contributed by atoms with Crippen molar-refractivity contribution in [2.24, 2.45) is 17.6 Å². The second kappa shape index (κ2) is 5.93. The number of amides is 3. The minimum absolute atomic E-state index is 0.162. The molecule has 0 unspecified atom stereocenters. The van der Waals surface area contributed by atoms with Gasteiger partial charge >= 0.3 is 6.09 Å². The van der Waals surface area contributed by atoms with Gasteiger partial charge in [0.2, 0.25) is 11.8 Å². The largest absolute Gasteiger partial charge is 0.444 e. The van der Waals surface area contributed by atoms with E-state index < -0.39 is 29.7 Å². The van der Waals surface area contributed by atoms with Crippen molar-refractivity contribution in [3.05, 3.63) is 0 Å². The standard InChI is InChI=1S/C17H27N3O4/c1-17(2,3)24-16(23)19-8-7-12(19)15(22)20-9-10-5-4-6-11(10)13(20)14(18)21/h10-13H,4-9H2,1-3H3,(H2,18,21)/t10-,11-,12+,13+/m0/s1. The fourth-order valence-corrected chi connectivity index (χ4v) is 4.27. The Morgan fingerprint density at radius 1 is 1.08 bits per heavy atom. The van der Waals surface area contributed by atoms with Crippen molar-refractivity contribution in [3.63, 3.8) is 0 Å². The third-order valence-corrected chi connectivity index (χ3v) is 5.40. The van der Waals surface area contributed by atoms with Crippen molar-refractivity contribution in [1.29, 1.82) is 0 Å². The van der Waals surface area contributed by atoms with Crippen LogP contribution < -0.4 is 5.73 Å². The van der Waals surface area contributed by atoms with Crippen LogP contribution in [-0.2, 0) is 14.3 Å². The molecule has 7 nitrogen and oxygen atoms in total. The lowest BCUT2D eigenvalue weighted by Crippen LogP contribution is -2.61. The van der Waals surface area contributed by atoms with E-state index in [2.05, 4.69) is 0 Å². The molecule has 0 aromatic carbocycles. The van der Waals surface area contributed by atoms with Crippen molar-refractivity contribution < 1.29 is 19.1 Å². The molecule has 2 N–H and O–H groups in total. The van der Waals surface area contributed by atoms with Crippen LogP contribution in [0, 0.1) is 11.8 Å². The fourth-order valence-electron chi connectivity index (χ4n) is 4.27. The number of primary amides is 1. The number of ether oxygens (including phenoxy) is 1. The normalized spacial score (nSPS) is 32.3. The molecule has 7 heteroatoms. The van der Waals surface area contributed by atoms with Gasteiger partial charge in [0.25, 0.3) is 0 Å². The van der Waals surface area contributed by atoms with E-state index in [1.807, 2.05) is 0 Å². The summed E-state index contributed by atoms with van der Waals surface area (Å²) in [6.45, 7) is 6.48. The summed E-state index contributed by atoms with van der Waals surface area (Å²) in [5, 5.41) is 0. The molecule has 1 aliphatic carbocycles. The molecule has 0 bridgehead atoms. The number of rotatable bonds is 2. The van der Waals surface area contributed by atoms with Crippen molar-refractivity contribution in [3.8, 4) is 0 Å². The predicted molar refractivity (Wildman–Crippen MR) is 86.9 cm³/mol. The monoisotopic (exact) mass is 337 g/mol. The van der Waals surface area contributed by atoms with Crippen molar-refractivity contribution in [1.82, 2.24) is 9.80 Å². The Morgan fingerprint density at radius 2 is 1.79 bits per heavy atom. The highest BCUT2D eigenvalue weighted by Gasteiger charge is 2.52. The summed E-state index contributed by atoms with van der Waals surface area (Å²) in [5.74, 6) is -0.0470. The van der Waals surface area contributed by atoms with Gasteiger partial charge in [-0.25, -0.2) is 4.79 Å². The van der Waals surface area contributed by atoms with E-state index in [4.69, 9.17) is 10.5 Å². The number of likely N-dealkylation sites (tertiary alicyclic amines) is 2. The van der Waals surface area contributed by atoms with Gasteiger partial charge in [-0.05, 0) is 51.9 Å². The second-order valence-corrected chi connectivity index (χ2v) is 8.17. The summed E-state index contributed by atoms with van der Waals surface area (Å²) in [6.07, 6.45) is 3.22. The van der Waals surface area contributed by atoms with Crippen molar-refractivity contribution in [2.45, 2.75) is 64.1 Å². The van der Waals surface area contributed by atoms with E-state index in [0.717, 1.165) is 19.3 Å². The molecule has 0 spiro atoms. The van der Waals surface area contributed by atoms with Gasteiger partial charge in [0.15, 0.2) is 0 Å². The average Bonchev–Trinajstić information content (AvgIpc) is 2.93. The summed E-state index contributed by atoms with van der Waals surface area (Å²) < 4.78 is 5.36. The van der Waals surface area contributed by atoms with Crippen LogP contribution in [0.3, 0.4) is 0 Å². The van der Waals surface area contributed by atoms with Crippen LogP contribution in [0.15, 0.2) is 0 Å². The SMILES string of the molecule is CC(C)(C)OC(=O)N1CC[C@@H]1C(=O)N1C[C@@H]2CCC[C@@H]2[C@@H]1C(N)=O. The fraction of sp³-hybridized carbons (Fsp3) is 0.824. The topological polar surface area (TPSA) is 92.9 Å². The number of nitrogens with zero attached hydrogens (tertiary/aromatic N) is 2. The molecule has 0 radical (unpaired) electrons. The Labute approximate surface area is 142 Å². The molecule has 0 aromatic rings. The molecular formula is C17H27N3O4. The van der Waals surface area contributed by atoms with Crippen molar-refractivity contribution in [2.75, 3.05) is 13.1 Å². The van der Waals surface area contributed by atoms with Gasteiger partial charge in [-0.2, -0.15) is 0 Å². The number of fused-ring (bicyclic) bond motifs is 1. The summed E-state index contributed by atoms with van der Waals surface area (Å²) in [4.78, 5) is 40.1. The third kappa shape index (κ3) is 2.96. The maximum atomic E-state index is 12.9. The Morgan fingerprint density at radius 3 is 2.33 bits per heavy atom. The number of hydrogen-bond donors (Lipinski definition) is 1. The lowest BCUT2D eigenvalue weighted by molar-refractivity contribution is -0.146. The number of carbonyl (C=O) groups excluding carboxylic acids is 3. The number of carbonyl (C=O) groups is 3. The Kier molecular flexibility index (Phi) is 4.21. The minimum atomic E-state index is -0.597. The predicted octanol–water partition coefficient (Wildman–Crippen LogP) is 1.11. The summed E-state index contributed by atoms with van der Waals surface area (Å²) in [6, 6.07) is -1.05. The van der Waals surface area contributed by atoms with Gasteiger partial charge in [-0.1, -0.05) is 6.42 Å². The molecule has 134 valence electrons. The first kappa shape index (κ1) is 17.0. The molecule has 2 saturated heterocycles. The molecule has 1 saturated carbocycles. The Bertz CT molecular complexity index is 557. The smallest absolute Gasteiger partial charge is 0.410 e. The summed E-state index contributed by atoms with van der Waals surface area (Å²) >= 11 is 0. The zero-order valence-electron chi connectivity index (χ0n) is 14.7. The van der Waals surface area contributed by atoms with Crippen LogP contribution in [-0.4, -0.2) is 58.5 Å². The first-order chi connectivity index (χ1) is 11.2. The molecule has 3 aliphatic rings. The van der Waals surface area contributed by atoms with Gasteiger partial charge in [0.1, 0.15) is 17.7 Å². The number of hydrogen-bond acceptors (Lipinski definition) is 4. The highest BCUT2D eigenvalue weighted by atomic mass is 16.6. The molecule has 4 atom stereocenters. The van der Waals surface area contributed by atoms with Gasteiger partial charge in [0.05, 0.1) is 0 Å². The molecule has 24 heavy (non-hydrogen) atoms. The van der Waals surface area contributed by atoms with E-state index in [0.29, 0.717) is 25.4 Å². The van der Waals surface area contributed by atoms with Gasteiger partial charge < -0.3 is 15.4 Å². The van der Waals surface area contributed by atoms with Crippen molar-refractivity contribution >= 4 is 17.9 Å². The number of nitrogens with two attached hydrogens (primary N) is 1. The van der Waals surface area contributed by atoms with Crippen LogP contribution >= 0.6 is 0 Å². The highest BCUT2D eigenvalue weighted by molar-refractivity contribution is 5.92. The maximum Gasteiger partial charge on any atom is 0.410 e. The van der Waals surface area contributed by atoms with Crippen LogP contribution in [0.25, 0.3) is 0 Å². The minimum Gasteiger partial charge on any atom is -0.444 e. The molecule has 0 aromatic heterocycles. The molecular weight excluding hydrogens is 310 g/mol. The lowest BCUT2D eigenvalue weighted by Gasteiger charge is -2.42. The Hall–Kier alpha value is -1.79. The van der Waals surface area contributed by atoms with E-state index in [-0.39, 0.29) is 11.8 Å². The van der Waals surface area contributed by atoms with Crippen LogP contribution in [0.1, 0.15) is 46.5 Å². The molecule has 3 rings (SSSR count). The first-order valence-electron chi connectivity index (χ1n) is 8.78. The first-order valence-corrected chi connectivity index (χ1v) is 8.78. The van der Waals surface area contributed by atoms with Gasteiger partial charge in [-0.15, -0.1) is 0 Å². The average molecular weight is 337 g/mol. The maximum absolute atomic E-state index is 12.9. The molecule has 2 heterocycles. The summed E-state index contributed by atoms with van der Waals surface area (Å²) in [5.41, 5.74) is 4.98. The third-order valence-electron chi connectivity index (χ3n) is 5.40. The zero-order chi connectivity index (χ0) is 17.6. The quantitative estimate of drug-likeness (QED) is 0.817. The molecule has 3 fully saturated rings. The van der Waals surface area contributed by atoms with E-state index in [9.17, 15) is 14.4 Å². The zero-order valence-corrected chi connectivity index (χ0v) is 14.7. The second-order valence-electron chi connectivity index (χ2n) is 8.17. The highest BCUT2D eigenvalue weighted by Crippen LogP contribution is 2.43. The molecule has 3 amide bonds. The van der Waals surface area contributed by atoms with Gasteiger partial charge in [-0.3, -0.25) is 14.5 Å². The Balaban J connectivity index is 1.70. The summed E-state index contributed by atoms with van der Waals surface area (Å²) in [7, 11) is 0. The molecule has 2 aliphatic heterocycles. The van der Waals surface area contributed by atoms with Crippen LogP contribution in [0.4, 0.5) is 4.79 Å². The van der Waals surface area contributed by atoms with Gasteiger partial charge in [0, 0.05) is 13.1 Å². The van der Waals surface area contributed by atoms with E-state index in [1.165, 1.54) is 4.90 Å².